The summed E-state index contributed by atoms with van der Waals surface area (Å²) in [5, 5.41) is 4.37. The highest BCUT2D eigenvalue weighted by Gasteiger charge is 2.36. The van der Waals surface area contributed by atoms with Gasteiger partial charge in [-0.15, -0.1) is 11.3 Å². The normalized spacial score (nSPS) is 15.6. The summed E-state index contributed by atoms with van der Waals surface area (Å²) in [5.74, 6) is 0.721. The second-order valence-corrected chi connectivity index (χ2v) is 10.2. The minimum atomic E-state index is -3.81. The largest absolute Gasteiger partial charge is 0.493 e. The second kappa shape index (κ2) is 8.48. The van der Waals surface area contributed by atoms with Gasteiger partial charge in [-0.25, -0.2) is 8.42 Å². The number of hydrogen-bond donors (Lipinski definition) is 1. The van der Waals surface area contributed by atoms with Crippen LogP contribution >= 0.6 is 11.3 Å². The van der Waals surface area contributed by atoms with Crippen molar-refractivity contribution >= 4 is 32.8 Å². The Labute approximate surface area is 190 Å². The van der Waals surface area contributed by atoms with Crippen molar-refractivity contribution in [2.45, 2.75) is 29.1 Å². The number of methoxy groups -OCH3 is 3. The van der Waals surface area contributed by atoms with Crippen LogP contribution in [0, 0.1) is 6.92 Å². The molecule has 0 saturated heterocycles. The molecule has 7 nitrogen and oxygen atoms in total. The molecule has 0 bridgehead atoms. The first-order valence-electron chi connectivity index (χ1n) is 9.83. The van der Waals surface area contributed by atoms with Gasteiger partial charge in [0.05, 0.1) is 31.9 Å². The highest BCUT2D eigenvalue weighted by atomic mass is 32.2. The average molecular weight is 474 g/mol. The van der Waals surface area contributed by atoms with Crippen LogP contribution in [-0.4, -0.2) is 35.7 Å². The van der Waals surface area contributed by atoms with E-state index >= 15 is 0 Å². The summed E-state index contributed by atoms with van der Waals surface area (Å²) in [4.78, 5) is 13.7. The molecule has 1 aliphatic heterocycles. The predicted octanol–water partition coefficient (Wildman–Crippen LogP) is 4.39. The third-order valence-corrected chi connectivity index (χ3v) is 8.48. The van der Waals surface area contributed by atoms with Crippen molar-refractivity contribution in [2.75, 3.05) is 26.6 Å². The van der Waals surface area contributed by atoms with Crippen LogP contribution < -0.4 is 19.5 Å². The number of thiophene rings is 1. The molecule has 1 aliphatic rings. The summed E-state index contributed by atoms with van der Waals surface area (Å²) in [5.41, 5.74) is 1.89. The number of sulfone groups is 1. The van der Waals surface area contributed by atoms with Crippen LogP contribution in [0.2, 0.25) is 0 Å². The van der Waals surface area contributed by atoms with Gasteiger partial charge in [0.15, 0.2) is 11.5 Å². The quantitative estimate of drug-likeness (QED) is 0.571. The van der Waals surface area contributed by atoms with Gasteiger partial charge in [0.25, 0.3) is 0 Å². The minimum Gasteiger partial charge on any atom is -0.493 e. The van der Waals surface area contributed by atoms with E-state index in [4.69, 9.17) is 14.2 Å². The van der Waals surface area contributed by atoms with Gasteiger partial charge in [-0.05, 0) is 30.7 Å². The number of carbonyl (C=O) groups is 1. The first kappa shape index (κ1) is 22.2. The third kappa shape index (κ3) is 3.61. The summed E-state index contributed by atoms with van der Waals surface area (Å²) >= 11 is 1.30. The maximum Gasteiger partial charge on any atom is 0.225 e. The van der Waals surface area contributed by atoms with E-state index in [1.807, 2.05) is 19.1 Å². The van der Waals surface area contributed by atoms with Gasteiger partial charge in [-0.2, -0.15) is 0 Å². The van der Waals surface area contributed by atoms with Crippen LogP contribution in [0.1, 0.15) is 28.3 Å². The number of carbonyl (C=O) groups excluding carboxylic acids is 1. The highest BCUT2D eigenvalue weighted by molar-refractivity contribution is 7.91. The Bertz CT molecular complexity index is 1300. The topological polar surface area (TPSA) is 90.9 Å². The lowest BCUT2D eigenvalue weighted by molar-refractivity contribution is -0.116. The Morgan fingerprint density at radius 3 is 2.44 bits per heavy atom. The zero-order chi connectivity index (χ0) is 23.0. The fourth-order valence-electron chi connectivity index (χ4n) is 3.96. The highest BCUT2D eigenvalue weighted by Crippen LogP contribution is 2.51. The molecular weight excluding hydrogens is 450 g/mol. The van der Waals surface area contributed by atoms with Crippen molar-refractivity contribution in [1.29, 1.82) is 0 Å². The zero-order valence-electron chi connectivity index (χ0n) is 18.1. The smallest absolute Gasteiger partial charge is 0.225 e. The number of rotatable bonds is 6. The van der Waals surface area contributed by atoms with Crippen molar-refractivity contribution in [2.24, 2.45) is 0 Å². The van der Waals surface area contributed by atoms with Crippen molar-refractivity contribution in [3.63, 3.8) is 0 Å². The molecule has 3 aromatic rings. The molecule has 0 spiro atoms. The fourth-order valence-corrected chi connectivity index (χ4v) is 6.96. The molecule has 1 atom stereocenters. The number of hydrogen-bond acceptors (Lipinski definition) is 7. The number of anilines is 1. The molecule has 0 saturated carbocycles. The molecule has 4 rings (SSSR count). The van der Waals surface area contributed by atoms with Gasteiger partial charge < -0.3 is 19.5 Å². The number of ether oxygens (including phenoxy) is 3. The molecule has 2 heterocycles. The minimum absolute atomic E-state index is 0.0978. The Kier molecular flexibility index (Phi) is 5.87. The monoisotopic (exact) mass is 473 g/mol. The molecule has 1 amide bonds. The Morgan fingerprint density at radius 1 is 1.03 bits per heavy atom. The lowest BCUT2D eigenvalue weighted by Crippen LogP contribution is -2.23. The van der Waals surface area contributed by atoms with E-state index in [9.17, 15) is 13.2 Å². The Balaban J connectivity index is 1.87. The fraction of sp³-hybridized carbons (Fsp3) is 0.261. The van der Waals surface area contributed by atoms with Gasteiger partial charge in [-0.1, -0.05) is 18.2 Å². The first-order chi connectivity index (χ1) is 15.3. The van der Waals surface area contributed by atoms with E-state index in [1.165, 1.54) is 32.7 Å². The number of fused-ring (bicyclic) bond motifs is 1. The maximum atomic E-state index is 13.4. The van der Waals surface area contributed by atoms with Crippen LogP contribution in [0.5, 0.6) is 17.2 Å². The molecule has 168 valence electrons. The molecule has 0 fully saturated rings. The Morgan fingerprint density at radius 2 is 1.78 bits per heavy atom. The van der Waals surface area contributed by atoms with Crippen LogP contribution in [0.4, 0.5) is 5.69 Å². The standard InChI is InChI=1S/C23H23NO6S2/c1-13-6-5-7-14(10-13)32(26,27)18-12-31-23-16(11-19(25)24-20(18)23)15-8-9-17(28-2)22(30-4)21(15)29-3/h5-10,12,16H,11H2,1-4H3,(H,24,25)/t16-/m1/s1. The van der Waals surface area contributed by atoms with Crippen molar-refractivity contribution in [1.82, 2.24) is 0 Å². The molecule has 32 heavy (non-hydrogen) atoms. The van der Waals surface area contributed by atoms with Crippen molar-refractivity contribution in [3.8, 4) is 17.2 Å². The van der Waals surface area contributed by atoms with E-state index < -0.39 is 9.84 Å². The lowest BCUT2D eigenvalue weighted by atomic mass is 9.89. The van der Waals surface area contributed by atoms with E-state index in [-0.39, 0.29) is 28.0 Å². The van der Waals surface area contributed by atoms with Gasteiger partial charge >= 0.3 is 0 Å². The lowest BCUT2D eigenvalue weighted by Gasteiger charge is -2.26. The van der Waals surface area contributed by atoms with Crippen LogP contribution in [0.3, 0.4) is 0 Å². The van der Waals surface area contributed by atoms with Gasteiger partial charge in [0.1, 0.15) is 4.90 Å². The second-order valence-electron chi connectivity index (χ2n) is 7.39. The molecule has 9 heteroatoms. The molecule has 1 aromatic heterocycles. The van der Waals surface area contributed by atoms with E-state index in [0.29, 0.717) is 22.9 Å². The SMILES string of the molecule is COc1ccc([C@H]2CC(=O)Nc3c(S(=O)(=O)c4cccc(C)c4)csc32)c(OC)c1OC. The summed E-state index contributed by atoms with van der Waals surface area (Å²) in [6, 6.07) is 10.3. The maximum absolute atomic E-state index is 13.4. The van der Waals surface area contributed by atoms with E-state index in [2.05, 4.69) is 5.32 Å². The summed E-state index contributed by atoms with van der Waals surface area (Å²) < 4.78 is 43.2. The van der Waals surface area contributed by atoms with Gasteiger partial charge in [0.2, 0.25) is 21.5 Å². The van der Waals surface area contributed by atoms with Gasteiger partial charge in [0, 0.05) is 28.2 Å². The zero-order valence-corrected chi connectivity index (χ0v) is 19.7. The number of amides is 1. The summed E-state index contributed by atoms with van der Waals surface area (Å²) in [6.07, 6.45) is 0.156. The summed E-state index contributed by atoms with van der Waals surface area (Å²) in [6.45, 7) is 1.84. The number of benzene rings is 2. The average Bonchev–Trinajstić information content (AvgIpc) is 3.21. The summed E-state index contributed by atoms with van der Waals surface area (Å²) in [7, 11) is 0.760. The molecule has 1 N–H and O–H groups in total. The molecule has 0 radical (unpaired) electrons. The number of nitrogens with one attached hydrogen (secondary N) is 1. The molecule has 2 aromatic carbocycles. The van der Waals surface area contributed by atoms with Crippen LogP contribution in [0.15, 0.2) is 51.6 Å². The van der Waals surface area contributed by atoms with Gasteiger partial charge in [-0.3, -0.25) is 4.79 Å². The van der Waals surface area contributed by atoms with Crippen LogP contribution in [0.25, 0.3) is 0 Å². The molecule has 0 unspecified atom stereocenters. The third-order valence-electron chi connectivity index (χ3n) is 5.46. The van der Waals surface area contributed by atoms with E-state index in [1.54, 1.807) is 29.6 Å². The predicted molar refractivity (Wildman–Crippen MR) is 122 cm³/mol. The van der Waals surface area contributed by atoms with Crippen molar-refractivity contribution in [3.05, 3.63) is 57.8 Å². The number of aryl methyl sites for hydroxylation is 1. The first-order valence-corrected chi connectivity index (χ1v) is 12.2. The van der Waals surface area contributed by atoms with E-state index in [0.717, 1.165) is 16.0 Å². The van der Waals surface area contributed by atoms with Crippen molar-refractivity contribution < 1.29 is 27.4 Å². The molecular formula is C23H23NO6S2. The Hall–Kier alpha value is -3.04. The van der Waals surface area contributed by atoms with Crippen LogP contribution in [-0.2, 0) is 14.6 Å². The molecule has 0 aliphatic carbocycles.